The van der Waals surface area contributed by atoms with Crippen LogP contribution in [0.4, 0.5) is 0 Å². The van der Waals surface area contributed by atoms with Crippen LogP contribution >= 0.6 is 0 Å². The van der Waals surface area contributed by atoms with Crippen LogP contribution in [0.3, 0.4) is 0 Å². The molecule has 0 rings (SSSR count). The van der Waals surface area contributed by atoms with Crippen molar-refractivity contribution in [3.63, 3.8) is 0 Å². The minimum absolute atomic E-state index is 0.206. The summed E-state index contributed by atoms with van der Waals surface area (Å²) in [4.78, 5) is 0. The molecule has 0 aromatic rings. The Morgan fingerprint density at radius 3 is 2.75 bits per heavy atom. The maximum Gasteiger partial charge on any atom is 0.0471 e. The fraction of sp³-hybridized carbons (Fsp3) is 0.636. The number of hydrogen-bond donors (Lipinski definition) is 1. The van der Waals surface area contributed by atoms with Crippen LogP contribution in [0, 0.1) is 0 Å². The van der Waals surface area contributed by atoms with Gasteiger partial charge in [0.1, 0.15) is 0 Å². The Morgan fingerprint density at radius 2 is 2.17 bits per heavy atom. The predicted molar refractivity (Wildman–Crippen MR) is 54.1 cm³/mol. The predicted octanol–water partition coefficient (Wildman–Crippen LogP) is 3.06. The molecule has 0 aliphatic rings. The summed E-state index contributed by atoms with van der Waals surface area (Å²) in [6, 6.07) is 0. The maximum atomic E-state index is 8.58. The van der Waals surface area contributed by atoms with E-state index in [1.165, 1.54) is 19.3 Å². The van der Waals surface area contributed by atoms with Crippen LogP contribution in [0.5, 0.6) is 0 Å². The van der Waals surface area contributed by atoms with Crippen molar-refractivity contribution in [3.8, 4) is 0 Å². The first kappa shape index (κ1) is 11.4. The summed E-state index contributed by atoms with van der Waals surface area (Å²) in [5.41, 5.74) is 1.02. The second-order valence-corrected chi connectivity index (χ2v) is 3.03. The molecule has 0 spiro atoms. The van der Waals surface area contributed by atoms with Gasteiger partial charge in [-0.15, -0.1) is 0 Å². The molecule has 12 heavy (non-hydrogen) atoms. The molecule has 0 bridgehead atoms. The molecule has 0 aliphatic carbocycles. The van der Waals surface area contributed by atoms with Crippen molar-refractivity contribution in [2.45, 2.75) is 39.0 Å². The van der Waals surface area contributed by atoms with E-state index < -0.39 is 0 Å². The lowest BCUT2D eigenvalue weighted by Crippen LogP contribution is -1.82. The highest BCUT2D eigenvalue weighted by Gasteiger charge is 1.86. The molecule has 0 saturated heterocycles. The number of allylic oxidation sites excluding steroid dienone is 2. The van der Waals surface area contributed by atoms with Crippen molar-refractivity contribution in [3.05, 3.63) is 24.3 Å². The molecule has 1 heteroatoms. The molecule has 0 unspecified atom stereocenters. The van der Waals surface area contributed by atoms with Crippen LogP contribution in [0.1, 0.15) is 39.0 Å². The molecule has 0 heterocycles. The third-order valence-electron chi connectivity index (χ3n) is 1.76. The summed E-state index contributed by atoms with van der Waals surface area (Å²) < 4.78 is 0. The van der Waals surface area contributed by atoms with Gasteiger partial charge in [0.2, 0.25) is 0 Å². The van der Waals surface area contributed by atoms with Gasteiger partial charge in [0.25, 0.3) is 0 Å². The number of aliphatic hydroxyl groups excluding tert-OH is 1. The fourth-order valence-corrected chi connectivity index (χ4v) is 0.989. The molecule has 0 aliphatic heterocycles. The number of unbranched alkanes of at least 4 members (excludes halogenated alkanes) is 3. The van der Waals surface area contributed by atoms with Gasteiger partial charge < -0.3 is 5.11 Å². The van der Waals surface area contributed by atoms with E-state index in [1.807, 2.05) is 6.08 Å². The highest BCUT2D eigenvalue weighted by atomic mass is 16.2. The molecule has 0 aromatic heterocycles. The van der Waals surface area contributed by atoms with Gasteiger partial charge in [-0.1, -0.05) is 44.1 Å². The topological polar surface area (TPSA) is 20.2 Å². The summed E-state index contributed by atoms with van der Waals surface area (Å²) >= 11 is 0. The number of rotatable bonds is 7. The van der Waals surface area contributed by atoms with Gasteiger partial charge in [-0.25, -0.2) is 0 Å². The van der Waals surface area contributed by atoms with E-state index >= 15 is 0 Å². The zero-order chi connectivity index (χ0) is 9.23. The van der Waals surface area contributed by atoms with Crippen LogP contribution in [0.15, 0.2) is 24.3 Å². The van der Waals surface area contributed by atoms with E-state index in [9.17, 15) is 0 Å². The molecule has 0 atom stereocenters. The van der Waals surface area contributed by atoms with Gasteiger partial charge in [0.15, 0.2) is 0 Å². The number of aliphatic hydroxyl groups is 1. The van der Waals surface area contributed by atoms with E-state index in [2.05, 4.69) is 19.6 Å². The lowest BCUT2D eigenvalue weighted by molar-refractivity contribution is 0.300. The Morgan fingerprint density at radius 1 is 1.42 bits per heavy atom. The standard InChI is InChI=1S/C11H20O/c1-3-4-5-6-7-8-11(2)9-10-12/h7-8,12H,2-6,9-10H2,1H3/b8-7+. The van der Waals surface area contributed by atoms with Gasteiger partial charge in [0.05, 0.1) is 0 Å². The van der Waals surface area contributed by atoms with Crippen LogP contribution in [-0.4, -0.2) is 11.7 Å². The normalized spacial score (nSPS) is 10.8. The average molecular weight is 168 g/mol. The lowest BCUT2D eigenvalue weighted by atomic mass is 10.1. The summed E-state index contributed by atoms with van der Waals surface area (Å²) in [5, 5.41) is 8.58. The third kappa shape index (κ3) is 7.55. The van der Waals surface area contributed by atoms with Crippen molar-refractivity contribution in [2.24, 2.45) is 0 Å². The van der Waals surface area contributed by atoms with Crippen LogP contribution in [0.2, 0.25) is 0 Å². The van der Waals surface area contributed by atoms with E-state index in [-0.39, 0.29) is 6.61 Å². The molecule has 70 valence electrons. The zero-order valence-corrected chi connectivity index (χ0v) is 8.05. The zero-order valence-electron chi connectivity index (χ0n) is 8.05. The molecular weight excluding hydrogens is 148 g/mol. The van der Waals surface area contributed by atoms with E-state index in [1.54, 1.807) is 0 Å². The summed E-state index contributed by atoms with van der Waals surface area (Å²) in [7, 11) is 0. The molecule has 0 saturated carbocycles. The first-order valence-corrected chi connectivity index (χ1v) is 4.76. The SMILES string of the molecule is C=C(/C=C/CCCCC)CCO. The average Bonchev–Trinajstić information content (AvgIpc) is 2.05. The Balaban J connectivity index is 3.29. The Kier molecular flexibility index (Phi) is 8.14. The Labute approximate surface area is 75.8 Å². The van der Waals surface area contributed by atoms with Crippen molar-refractivity contribution in [2.75, 3.05) is 6.61 Å². The van der Waals surface area contributed by atoms with E-state index in [0.29, 0.717) is 6.42 Å². The van der Waals surface area contributed by atoms with Crippen molar-refractivity contribution >= 4 is 0 Å². The highest BCUT2D eigenvalue weighted by Crippen LogP contribution is 2.03. The van der Waals surface area contributed by atoms with Gasteiger partial charge in [0, 0.05) is 6.61 Å². The quantitative estimate of drug-likeness (QED) is 0.457. The summed E-state index contributed by atoms with van der Waals surface area (Å²) in [6.07, 6.45) is 9.84. The first-order chi connectivity index (χ1) is 5.81. The Hall–Kier alpha value is -0.560. The first-order valence-electron chi connectivity index (χ1n) is 4.76. The van der Waals surface area contributed by atoms with Crippen LogP contribution in [-0.2, 0) is 0 Å². The smallest absolute Gasteiger partial charge is 0.0471 e. The largest absolute Gasteiger partial charge is 0.396 e. The second-order valence-electron chi connectivity index (χ2n) is 3.03. The fourth-order valence-electron chi connectivity index (χ4n) is 0.989. The molecule has 0 fully saturated rings. The van der Waals surface area contributed by atoms with Gasteiger partial charge in [-0.3, -0.25) is 0 Å². The van der Waals surface area contributed by atoms with Gasteiger partial charge in [-0.05, 0) is 19.3 Å². The molecule has 0 amide bonds. The Bertz CT molecular complexity index is 136. The molecule has 1 nitrogen and oxygen atoms in total. The van der Waals surface area contributed by atoms with Crippen molar-refractivity contribution in [1.29, 1.82) is 0 Å². The van der Waals surface area contributed by atoms with Crippen molar-refractivity contribution < 1.29 is 5.11 Å². The summed E-state index contributed by atoms with van der Waals surface area (Å²) in [5.74, 6) is 0. The van der Waals surface area contributed by atoms with E-state index in [4.69, 9.17) is 5.11 Å². The molecule has 1 N–H and O–H groups in total. The van der Waals surface area contributed by atoms with Crippen molar-refractivity contribution in [1.82, 2.24) is 0 Å². The van der Waals surface area contributed by atoms with Crippen LogP contribution < -0.4 is 0 Å². The highest BCUT2D eigenvalue weighted by molar-refractivity contribution is 5.13. The van der Waals surface area contributed by atoms with Crippen LogP contribution in [0.25, 0.3) is 0 Å². The third-order valence-corrected chi connectivity index (χ3v) is 1.76. The minimum Gasteiger partial charge on any atom is -0.396 e. The maximum absolute atomic E-state index is 8.58. The monoisotopic (exact) mass is 168 g/mol. The lowest BCUT2D eigenvalue weighted by Gasteiger charge is -1.95. The van der Waals surface area contributed by atoms with Gasteiger partial charge in [-0.2, -0.15) is 0 Å². The summed E-state index contributed by atoms with van der Waals surface area (Å²) in [6.45, 7) is 6.22. The second kappa shape index (κ2) is 8.54. The number of hydrogen-bond acceptors (Lipinski definition) is 1. The molecule has 0 aromatic carbocycles. The molecule has 0 radical (unpaired) electrons. The van der Waals surface area contributed by atoms with Gasteiger partial charge >= 0.3 is 0 Å². The molecular formula is C11H20O. The van der Waals surface area contributed by atoms with E-state index in [0.717, 1.165) is 12.0 Å². The minimum atomic E-state index is 0.206.